The highest BCUT2D eigenvalue weighted by molar-refractivity contribution is 5.70. The van der Waals surface area contributed by atoms with Crippen LogP contribution in [0.5, 0.6) is 0 Å². The molecule has 162 valence electrons. The minimum Gasteiger partial charge on any atom is -0.326 e. The Balaban J connectivity index is 1.50. The van der Waals surface area contributed by atoms with Crippen molar-refractivity contribution in [3.8, 4) is 17.2 Å². The van der Waals surface area contributed by atoms with Crippen molar-refractivity contribution in [2.45, 2.75) is 69.0 Å². The molecule has 0 saturated carbocycles. The lowest BCUT2D eigenvalue weighted by Gasteiger charge is -2.29. The smallest absolute Gasteiger partial charge is 0.141 e. The SMILES string of the molecule is N#Cc1ccc(-c2cc(CN3[C@H]4CC[C@@H]3C(N)C4)ccc2C2CCC(F)CN2)cc1F. The summed E-state index contributed by atoms with van der Waals surface area (Å²) in [6, 6.07) is 14.4. The van der Waals surface area contributed by atoms with Crippen molar-refractivity contribution < 1.29 is 8.78 Å². The first-order chi connectivity index (χ1) is 15.0. The average molecular weight is 423 g/mol. The minimum absolute atomic E-state index is 0.0335. The molecule has 3 unspecified atom stereocenters. The number of nitrogens with zero attached hydrogens (tertiary/aromatic N) is 2. The van der Waals surface area contributed by atoms with Gasteiger partial charge in [0.05, 0.1) is 5.56 Å². The van der Waals surface area contributed by atoms with E-state index in [1.54, 1.807) is 6.07 Å². The quantitative estimate of drug-likeness (QED) is 0.776. The zero-order valence-electron chi connectivity index (χ0n) is 17.5. The third-order valence-corrected chi connectivity index (χ3v) is 7.34. The molecule has 4 nitrogen and oxygen atoms in total. The average Bonchev–Trinajstić information content (AvgIpc) is 3.29. The van der Waals surface area contributed by atoms with Gasteiger partial charge in [-0.25, -0.2) is 8.78 Å². The van der Waals surface area contributed by atoms with Crippen LogP contribution in [0.15, 0.2) is 36.4 Å². The number of hydrogen-bond donors (Lipinski definition) is 2. The molecule has 0 aliphatic carbocycles. The number of nitrogens with two attached hydrogens (primary N) is 1. The lowest BCUT2D eigenvalue weighted by molar-refractivity contribution is 0.234. The molecule has 0 aromatic heterocycles. The molecule has 3 fully saturated rings. The fourth-order valence-corrected chi connectivity index (χ4v) is 5.72. The zero-order chi connectivity index (χ0) is 21.5. The van der Waals surface area contributed by atoms with E-state index in [0.717, 1.165) is 36.1 Å². The molecule has 5 atom stereocenters. The van der Waals surface area contributed by atoms with E-state index in [4.69, 9.17) is 11.0 Å². The summed E-state index contributed by atoms with van der Waals surface area (Å²) < 4.78 is 28.1. The summed E-state index contributed by atoms with van der Waals surface area (Å²) in [6.07, 6.45) is 3.84. The molecule has 2 bridgehead atoms. The molecular weight excluding hydrogens is 394 g/mol. The Labute approximate surface area is 182 Å². The van der Waals surface area contributed by atoms with Crippen LogP contribution in [0.1, 0.15) is 54.8 Å². The Morgan fingerprint density at radius 1 is 1.13 bits per heavy atom. The second-order valence-corrected chi connectivity index (χ2v) is 9.23. The molecule has 3 aliphatic rings. The number of hydrogen-bond acceptors (Lipinski definition) is 4. The largest absolute Gasteiger partial charge is 0.326 e. The molecule has 5 rings (SSSR count). The first-order valence-electron chi connectivity index (χ1n) is 11.2. The van der Waals surface area contributed by atoms with Gasteiger partial charge in [-0.15, -0.1) is 0 Å². The molecule has 3 saturated heterocycles. The van der Waals surface area contributed by atoms with Crippen LogP contribution in [0.3, 0.4) is 0 Å². The molecule has 3 heterocycles. The summed E-state index contributed by atoms with van der Waals surface area (Å²) in [5.74, 6) is -0.514. The van der Waals surface area contributed by atoms with Gasteiger partial charge in [0.1, 0.15) is 18.1 Å². The molecule has 2 aromatic carbocycles. The van der Waals surface area contributed by atoms with Crippen LogP contribution in [0, 0.1) is 17.1 Å². The summed E-state index contributed by atoms with van der Waals surface area (Å²) in [6.45, 7) is 1.17. The molecular formula is C25H28F2N4. The van der Waals surface area contributed by atoms with E-state index in [-0.39, 0.29) is 17.6 Å². The lowest BCUT2D eigenvalue weighted by Crippen LogP contribution is -2.36. The topological polar surface area (TPSA) is 65.1 Å². The Hall–Kier alpha value is -2.33. The second kappa shape index (κ2) is 8.31. The van der Waals surface area contributed by atoms with E-state index in [2.05, 4.69) is 28.4 Å². The lowest BCUT2D eigenvalue weighted by atomic mass is 9.88. The number of alkyl halides is 1. The first kappa shape index (κ1) is 20.6. The highest BCUT2D eigenvalue weighted by atomic mass is 19.1. The van der Waals surface area contributed by atoms with Gasteiger partial charge in [-0.2, -0.15) is 5.26 Å². The van der Waals surface area contributed by atoms with Crippen LogP contribution in [0.25, 0.3) is 11.1 Å². The van der Waals surface area contributed by atoms with Crippen LogP contribution in [0.2, 0.25) is 0 Å². The fraction of sp³-hybridized carbons (Fsp3) is 0.480. The maximum Gasteiger partial charge on any atom is 0.141 e. The fourth-order valence-electron chi connectivity index (χ4n) is 5.72. The van der Waals surface area contributed by atoms with E-state index in [1.807, 2.05) is 6.07 Å². The van der Waals surface area contributed by atoms with Gasteiger partial charge in [-0.05, 0) is 72.6 Å². The molecule has 3 N–H and O–H groups in total. The minimum atomic E-state index is -0.818. The molecule has 0 spiro atoms. The summed E-state index contributed by atoms with van der Waals surface area (Å²) in [5.41, 5.74) is 10.3. The molecule has 2 aromatic rings. The first-order valence-corrected chi connectivity index (χ1v) is 11.2. The third kappa shape index (κ3) is 3.87. The van der Waals surface area contributed by atoms with Crippen molar-refractivity contribution in [1.82, 2.24) is 10.2 Å². The van der Waals surface area contributed by atoms with Crippen LogP contribution in [-0.4, -0.2) is 35.7 Å². The summed E-state index contributed by atoms with van der Waals surface area (Å²) >= 11 is 0. The van der Waals surface area contributed by atoms with Crippen molar-refractivity contribution in [2.75, 3.05) is 6.54 Å². The van der Waals surface area contributed by atoms with E-state index in [0.29, 0.717) is 31.5 Å². The number of halogens is 2. The number of benzene rings is 2. The Morgan fingerprint density at radius 3 is 2.65 bits per heavy atom. The maximum atomic E-state index is 14.4. The van der Waals surface area contributed by atoms with Gasteiger partial charge >= 0.3 is 0 Å². The number of nitriles is 1. The third-order valence-electron chi connectivity index (χ3n) is 7.34. The monoisotopic (exact) mass is 422 g/mol. The highest BCUT2D eigenvalue weighted by Crippen LogP contribution is 2.39. The van der Waals surface area contributed by atoms with Gasteiger partial charge < -0.3 is 11.1 Å². The molecule has 3 aliphatic heterocycles. The second-order valence-electron chi connectivity index (χ2n) is 9.23. The number of nitrogens with one attached hydrogen (secondary N) is 1. The summed E-state index contributed by atoms with van der Waals surface area (Å²) in [7, 11) is 0. The van der Waals surface area contributed by atoms with Gasteiger partial charge in [-0.3, -0.25) is 4.90 Å². The van der Waals surface area contributed by atoms with Crippen LogP contribution >= 0.6 is 0 Å². The Kier molecular flexibility index (Phi) is 5.51. The van der Waals surface area contributed by atoms with Crippen molar-refractivity contribution >= 4 is 0 Å². The maximum absolute atomic E-state index is 14.4. The predicted octanol–water partition coefficient (Wildman–Crippen LogP) is 4.19. The molecule has 0 amide bonds. The summed E-state index contributed by atoms with van der Waals surface area (Å²) in [5, 5.41) is 12.4. The molecule has 31 heavy (non-hydrogen) atoms. The zero-order valence-corrected chi connectivity index (χ0v) is 17.5. The summed E-state index contributed by atoms with van der Waals surface area (Å²) in [4.78, 5) is 2.52. The van der Waals surface area contributed by atoms with Crippen LogP contribution < -0.4 is 11.1 Å². The normalized spacial score (nSPS) is 30.5. The highest BCUT2D eigenvalue weighted by Gasteiger charge is 2.44. The predicted molar refractivity (Wildman–Crippen MR) is 116 cm³/mol. The van der Waals surface area contributed by atoms with E-state index >= 15 is 0 Å². The van der Waals surface area contributed by atoms with Crippen LogP contribution in [0.4, 0.5) is 8.78 Å². The van der Waals surface area contributed by atoms with Gasteiger partial charge in [0.2, 0.25) is 0 Å². The van der Waals surface area contributed by atoms with Crippen molar-refractivity contribution in [2.24, 2.45) is 5.73 Å². The van der Waals surface area contributed by atoms with Gasteiger partial charge in [0, 0.05) is 37.3 Å². The van der Waals surface area contributed by atoms with Crippen molar-refractivity contribution in [3.63, 3.8) is 0 Å². The van der Waals surface area contributed by atoms with Gasteiger partial charge in [0.25, 0.3) is 0 Å². The van der Waals surface area contributed by atoms with E-state index in [9.17, 15) is 8.78 Å². The molecule has 0 radical (unpaired) electrons. The Bertz CT molecular complexity index is 1010. The molecule has 6 heteroatoms. The van der Waals surface area contributed by atoms with E-state index < -0.39 is 12.0 Å². The standard InChI is InChI=1S/C25H28F2N4/c26-18-4-7-24(30-13-18)20-6-1-15(14-31-19-5-8-25(31)23(29)11-19)9-21(20)16-2-3-17(12-28)22(27)10-16/h1-3,6,9-10,18-19,23-25,30H,4-5,7-8,11,13-14,29H2/t18?,19-,23?,24?,25+/m0/s1. The van der Waals surface area contributed by atoms with Crippen molar-refractivity contribution in [1.29, 1.82) is 5.26 Å². The van der Waals surface area contributed by atoms with Crippen LogP contribution in [-0.2, 0) is 6.54 Å². The Morgan fingerprint density at radius 2 is 2.00 bits per heavy atom. The van der Waals surface area contributed by atoms with Crippen molar-refractivity contribution in [3.05, 3.63) is 58.9 Å². The number of piperidine rings is 1. The van der Waals surface area contributed by atoms with Gasteiger partial charge in [-0.1, -0.05) is 18.2 Å². The number of fused-ring (bicyclic) bond motifs is 2. The van der Waals surface area contributed by atoms with E-state index in [1.165, 1.54) is 24.1 Å². The number of rotatable bonds is 4. The van der Waals surface area contributed by atoms with Gasteiger partial charge in [0.15, 0.2) is 0 Å².